The molecule has 0 unspecified atom stereocenters. The maximum Gasteiger partial charge on any atom is 0.573 e. The lowest BCUT2D eigenvalue weighted by atomic mass is 10.1. The molecule has 0 aliphatic heterocycles. The van der Waals surface area contributed by atoms with Gasteiger partial charge >= 0.3 is 12.5 Å². The molecule has 0 aromatic heterocycles. The van der Waals surface area contributed by atoms with Crippen LogP contribution < -0.4 is 10.1 Å². The van der Waals surface area contributed by atoms with E-state index in [-0.39, 0.29) is 4.47 Å². The zero-order valence-electron chi connectivity index (χ0n) is 12.7. The molecule has 5 nitrogen and oxygen atoms in total. The van der Waals surface area contributed by atoms with Crippen molar-refractivity contribution in [2.24, 2.45) is 0 Å². The minimum Gasteiger partial charge on any atom is -0.444 e. The maximum atomic E-state index is 12.2. The molecule has 0 aliphatic carbocycles. The van der Waals surface area contributed by atoms with Crippen LogP contribution in [-0.4, -0.2) is 29.8 Å². The van der Waals surface area contributed by atoms with Crippen LogP contribution in [0.4, 0.5) is 18.0 Å². The number of rotatable bonds is 4. The zero-order chi connectivity index (χ0) is 17.8. The first-order valence-electron chi connectivity index (χ1n) is 6.57. The lowest BCUT2D eigenvalue weighted by molar-refractivity contribution is -0.274. The van der Waals surface area contributed by atoms with Crippen LogP contribution in [-0.2, 0) is 4.74 Å². The number of hydrogen-bond donors (Lipinski definition) is 2. The number of alkyl carbamates (subject to hydrolysis) is 1. The number of nitrogens with one attached hydrogen (secondary N) is 1. The van der Waals surface area contributed by atoms with Crippen molar-refractivity contribution in [3.8, 4) is 5.75 Å². The van der Waals surface area contributed by atoms with Crippen LogP contribution >= 0.6 is 15.9 Å². The minimum atomic E-state index is -4.80. The summed E-state index contributed by atoms with van der Waals surface area (Å²) in [7, 11) is 0. The van der Waals surface area contributed by atoms with Crippen molar-refractivity contribution < 1.29 is 32.5 Å². The molecule has 23 heavy (non-hydrogen) atoms. The van der Waals surface area contributed by atoms with Crippen LogP contribution in [0.5, 0.6) is 5.75 Å². The Morgan fingerprint density at radius 2 is 1.96 bits per heavy atom. The molecule has 0 heterocycles. The molecule has 0 fully saturated rings. The number of amides is 1. The molecule has 0 aliphatic rings. The third-order valence-electron chi connectivity index (χ3n) is 2.45. The van der Waals surface area contributed by atoms with E-state index in [9.17, 15) is 23.1 Å². The second kappa shape index (κ2) is 7.39. The van der Waals surface area contributed by atoms with Crippen molar-refractivity contribution in [2.45, 2.75) is 38.8 Å². The van der Waals surface area contributed by atoms with Crippen LogP contribution in [0.3, 0.4) is 0 Å². The van der Waals surface area contributed by atoms with E-state index in [0.717, 1.165) is 12.1 Å². The summed E-state index contributed by atoms with van der Waals surface area (Å²) < 4.78 is 45.6. The van der Waals surface area contributed by atoms with Gasteiger partial charge in [-0.05, 0) is 38.5 Å². The molecular formula is C14H17BrF3NO4. The van der Waals surface area contributed by atoms with Crippen molar-refractivity contribution in [1.29, 1.82) is 0 Å². The predicted molar refractivity (Wildman–Crippen MR) is 80.0 cm³/mol. The summed E-state index contributed by atoms with van der Waals surface area (Å²) in [5.41, 5.74) is -0.334. The average Bonchev–Trinajstić information content (AvgIpc) is 2.32. The van der Waals surface area contributed by atoms with E-state index in [1.165, 1.54) is 6.07 Å². The molecule has 1 aromatic carbocycles. The van der Waals surface area contributed by atoms with E-state index in [4.69, 9.17) is 4.74 Å². The van der Waals surface area contributed by atoms with Gasteiger partial charge in [-0.25, -0.2) is 4.79 Å². The molecule has 0 bridgehead atoms. The van der Waals surface area contributed by atoms with E-state index >= 15 is 0 Å². The number of aliphatic hydroxyl groups is 1. The highest BCUT2D eigenvalue weighted by Crippen LogP contribution is 2.30. The van der Waals surface area contributed by atoms with Gasteiger partial charge in [-0.2, -0.15) is 0 Å². The van der Waals surface area contributed by atoms with Crippen LogP contribution in [0.2, 0.25) is 0 Å². The number of benzene rings is 1. The summed E-state index contributed by atoms with van der Waals surface area (Å²) in [5.74, 6) is -0.415. The van der Waals surface area contributed by atoms with Gasteiger partial charge < -0.3 is 19.9 Å². The average molecular weight is 400 g/mol. The first kappa shape index (κ1) is 19.6. The van der Waals surface area contributed by atoms with E-state index < -0.39 is 36.5 Å². The second-order valence-electron chi connectivity index (χ2n) is 5.61. The molecule has 1 amide bonds. The van der Waals surface area contributed by atoms with Crippen LogP contribution in [0.25, 0.3) is 0 Å². The van der Waals surface area contributed by atoms with Gasteiger partial charge in [-0.15, -0.1) is 13.2 Å². The molecule has 0 saturated heterocycles. The predicted octanol–water partition coefficient (Wildman–Crippen LogP) is 3.91. The molecule has 130 valence electrons. The number of hydrogen-bond acceptors (Lipinski definition) is 4. The summed E-state index contributed by atoms with van der Waals surface area (Å²) in [6, 6.07) is 2.65. The Kier molecular flexibility index (Phi) is 6.29. The highest BCUT2D eigenvalue weighted by Gasteiger charge is 2.31. The number of aliphatic hydroxyl groups excluding tert-OH is 1. The molecule has 9 heteroatoms. The third kappa shape index (κ3) is 7.08. The van der Waals surface area contributed by atoms with Gasteiger partial charge in [0.15, 0.2) is 0 Å². The number of ether oxygens (including phenoxy) is 2. The van der Waals surface area contributed by atoms with Gasteiger partial charge in [0.1, 0.15) is 11.4 Å². The second-order valence-corrected chi connectivity index (χ2v) is 6.47. The Balaban J connectivity index is 2.88. The molecule has 2 N–H and O–H groups in total. The van der Waals surface area contributed by atoms with E-state index in [0.29, 0.717) is 5.56 Å². The van der Waals surface area contributed by atoms with Gasteiger partial charge in [0.2, 0.25) is 0 Å². The van der Waals surface area contributed by atoms with E-state index in [2.05, 4.69) is 26.0 Å². The van der Waals surface area contributed by atoms with Crippen molar-refractivity contribution in [3.63, 3.8) is 0 Å². The fraction of sp³-hybridized carbons (Fsp3) is 0.500. The molecule has 0 spiro atoms. The van der Waals surface area contributed by atoms with Gasteiger partial charge in [-0.1, -0.05) is 22.0 Å². The maximum absolute atomic E-state index is 12.2. The van der Waals surface area contributed by atoms with Crippen LogP contribution in [0, 0.1) is 0 Å². The lowest BCUT2D eigenvalue weighted by Gasteiger charge is -2.23. The van der Waals surface area contributed by atoms with Gasteiger partial charge in [0.25, 0.3) is 0 Å². The first-order chi connectivity index (χ1) is 10.4. The standard InChI is InChI=1S/C14H17BrF3NO4/c1-13(2,3)23-12(21)19-11(7-20)9-5-4-8(6-10(9)15)22-14(16,17)18/h4-6,11,20H,7H2,1-3H3,(H,19,21)/t11-/m0/s1. The van der Waals surface area contributed by atoms with Crippen LogP contribution in [0.15, 0.2) is 22.7 Å². The normalized spacial score (nSPS) is 13.4. The lowest BCUT2D eigenvalue weighted by Crippen LogP contribution is -2.36. The number of halogens is 4. The molecule has 1 rings (SSSR count). The Morgan fingerprint density at radius 3 is 2.39 bits per heavy atom. The van der Waals surface area contributed by atoms with Crippen LogP contribution in [0.1, 0.15) is 32.4 Å². The fourth-order valence-electron chi connectivity index (χ4n) is 1.66. The summed E-state index contributed by atoms with van der Waals surface area (Å²) in [6.45, 7) is 4.58. The Labute approximate surface area is 139 Å². The summed E-state index contributed by atoms with van der Waals surface area (Å²) in [6.07, 6.45) is -5.55. The van der Waals surface area contributed by atoms with Crippen molar-refractivity contribution in [3.05, 3.63) is 28.2 Å². The monoisotopic (exact) mass is 399 g/mol. The van der Waals surface area contributed by atoms with Crippen molar-refractivity contribution in [2.75, 3.05) is 6.61 Å². The Morgan fingerprint density at radius 1 is 1.35 bits per heavy atom. The smallest absolute Gasteiger partial charge is 0.444 e. The molecule has 1 atom stereocenters. The topological polar surface area (TPSA) is 67.8 Å². The third-order valence-corrected chi connectivity index (χ3v) is 3.14. The van der Waals surface area contributed by atoms with Crippen molar-refractivity contribution in [1.82, 2.24) is 5.32 Å². The number of carbonyl (C=O) groups excluding carboxylic acids is 1. The first-order valence-corrected chi connectivity index (χ1v) is 7.36. The summed E-state index contributed by atoms with van der Waals surface area (Å²) >= 11 is 3.10. The summed E-state index contributed by atoms with van der Waals surface area (Å²) in [4.78, 5) is 11.7. The number of carbonyl (C=O) groups is 1. The highest BCUT2D eigenvalue weighted by atomic mass is 79.9. The van der Waals surface area contributed by atoms with Gasteiger partial charge in [-0.3, -0.25) is 0 Å². The molecule has 0 radical (unpaired) electrons. The Bertz CT molecular complexity index is 558. The fourth-order valence-corrected chi connectivity index (χ4v) is 2.29. The SMILES string of the molecule is CC(C)(C)OC(=O)N[C@@H](CO)c1ccc(OC(F)(F)F)cc1Br. The molecular weight excluding hydrogens is 383 g/mol. The molecule has 1 aromatic rings. The van der Waals surface area contributed by atoms with Crippen molar-refractivity contribution >= 4 is 22.0 Å². The number of alkyl halides is 3. The molecule has 0 saturated carbocycles. The van der Waals surface area contributed by atoms with E-state index in [1.807, 2.05) is 0 Å². The zero-order valence-corrected chi connectivity index (χ0v) is 14.3. The quantitative estimate of drug-likeness (QED) is 0.805. The Hall–Kier alpha value is -1.48. The van der Waals surface area contributed by atoms with Gasteiger partial charge in [0, 0.05) is 4.47 Å². The van der Waals surface area contributed by atoms with Gasteiger partial charge in [0.05, 0.1) is 12.6 Å². The largest absolute Gasteiger partial charge is 0.573 e. The van der Waals surface area contributed by atoms with E-state index in [1.54, 1.807) is 20.8 Å². The highest BCUT2D eigenvalue weighted by molar-refractivity contribution is 9.10. The minimum absolute atomic E-state index is 0.245. The summed E-state index contributed by atoms with van der Waals surface area (Å²) in [5, 5.41) is 11.8.